The summed E-state index contributed by atoms with van der Waals surface area (Å²) in [6.45, 7) is 0. The van der Waals surface area contributed by atoms with Crippen molar-refractivity contribution in [2.24, 2.45) is 0 Å². The predicted molar refractivity (Wildman–Crippen MR) is 93.6 cm³/mol. The van der Waals surface area contributed by atoms with Gasteiger partial charge in [-0.15, -0.1) is 12.4 Å². The molecule has 4 aromatic rings. The van der Waals surface area contributed by atoms with E-state index in [0.29, 0.717) is 5.52 Å². The maximum Gasteiger partial charge on any atom is 0.416 e. The normalized spacial score (nSPS) is 11.7. The van der Waals surface area contributed by atoms with Crippen LogP contribution in [0, 0.1) is 11.6 Å². The van der Waals surface area contributed by atoms with Gasteiger partial charge in [-0.1, -0.05) is 0 Å². The number of fused-ring (bicyclic) bond motifs is 2. The summed E-state index contributed by atoms with van der Waals surface area (Å²) in [6, 6.07) is 5.28. The average molecular weight is 404 g/mol. The van der Waals surface area contributed by atoms with E-state index in [1.165, 1.54) is 18.3 Å². The summed E-state index contributed by atoms with van der Waals surface area (Å²) in [4.78, 5) is 6.78. The molecule has 2 heterocycles. The first-order chi connectivity index (χ1) is 12.3. The molecule has 0 aliphatic heterocycles. The molecule has 0 aliphatic carbocycles. The highest BCUT2D eigenvalue weighted by atomic mass is 35.5. The van der Waals surface area contributed by atoms with E-state index in [1.807, 2.05) is 0 Å². The van der Waals surface area contributed by atoms with E-state index in [1.54, 1.807) is 0 Å². The van der Waals surface area contributed by atoms with Gasteiger partial charge in [0.15, 0.2) is 11.6 Å². The minimum atomic E-state index is -4.52. The Kier molecular flexibility index (Phi) is 4.38. The molecule has 2 aromatic carbocycles. The molecule has 27 heavy (non-hydrogen) atoms. The van der Waals surface area contributed by atoms with Crippen molar-refractivity contribution in [3.05, 3.63) is 53.7 Å². The van der Waals surface area contributed by atoms with E-state index in [2.05, 4.69) is 15.3 Å². The number of H-pyrrole nitrogens is 1. The van der Waals surface area contributed by atoms with E-state index >= 15 is 0 Å². The van der Waals surface area contributed by atoms with Gasteiger partial charge in [0, 0.05) is 6.20 Å². The van der Waals surface area contributed by atoms with E-state index in [-0.39, 0.29) is 40.5 Å². The molecular weight excluding hydrogens is 393 g/mol. The van der Waals surface area contributed by atoms with E-state index in [4.69, 9.17) is 5.84 Å². The summed E-state index contributed by atoms with van der Waals surface area (Å²) in [5, 5.41) is 2.67. The summed E-state index contributed by atoms with van der Waals surface area (Å²) in [5.74, 6) is 3.74. The molecule has 0 saturated heterocycles. The third kappa shape index (κ3) is 3.01. The zero-order chi connectivity index (χ0) is 18.6. The van der Waals surface area contributed by atoms with Crippen molar-refractivity contribution < 1.29 is 22.0 Å². The van der Waals surface area contributed by atoms with Crippen LogP contribution in [0.2, 0.25) is 0 Å². The van der Waals surface area contributed by atoms with Crippen molar-refractivity contribution in [1.82, 2.24) is 14.6 Å². The number of hydrogen-bond acceptors (Lipinski definition) is 3. The molecular formula is C16H11ClF5N5. The highest BCUT2D eigenvalue weighted by molar-refractivity contribution is 5.95. The number of rotatable bonds is 2. The fourth-order valence-corrected chi connectivity index (χ4v) is 2.74. The number of nitrogens with one attached hydrogen (secondary N) is 2. The van der Waals surface area contributed by atoms with Gasteiger partial charge in [0.2, 0.25) is 5.95 Å². The molecule has 0 unspecified atom stereocenters. The molecule has 142 valence electrons. The molecule has 4 rings (SSSR count). The molecule has 0 fully saturated rings. The summed E-state index contributed by atoms with van der Waals surface area (Å²) in [5.41, 5.74) is -0.126. The highest BCUT2D eigenvalue weighted by Gasteiger charge is 2.31. The average Bonchev–Trinajstić information content (AvgIpc) is 3.12. The van der Waals surface area contributed by atoms with Crippen molar-refractivity contribution in [3.8, 4) is 0 Å². The summed E-state index contributed by atoms with van der Waals surface area (Å²) in [7, 11) is 0. The van der Waals surface area contributed by atoms with Gasteiger partial charge >= 0.3 is 6.18 Å². The summed E-state index contributed by atoms with van der Waals surface area (Å²) < 4.78 is 67.0. The lowest BCUT2D eigenvalue weighted by Gasteiger charge is -2.06. The number of hydrogen-bond donors (Lipinski definition) is 3. The molecule has 4 N–H and O–H groups in total. The third-order valence-electron chi connectivity index (χ3n) is 4.00. The molecule has 0 saturated carbocycles. The van der Waals surface area contributed by atoms with E-state index in [0.717, 1.165) is 22.9 Å². The number of benzene rings is 2. The van der Waals surface area contributed by atoms with Crippen LogP contribution < -0.4 is 11.2 Å². The number of nitrogens with two attached hydrogens (primary N) is 1. The minimum Gasteiger partial charge on any atom is -0.359 e. The molecule has 11 heteroatoms. The fourth-order valence-electron chi connectivity index (χ4n) is 2.74. The second kappa shape index (κ2) is 6.31. The maximum atomic E-state index is 14.1. The number of aromatic nitrogens is 3. The van der Waals surface area contributed by atoms with Crippen molar-refractivity contribution in [2.75, 3.05) is 11.2 Å². The first-order valence-corrected chi connectivity index (χ1v) is 7.32. The maximum absolute atomic E-state index is 14.1. The number of aromatic amines is 1. The van der Waals surface area contributed by atoms with Gasteiger partial charge in [0.05, 0.1) is 33.2 Å². The van der Waals surface area contributed by atoms with Crippen LogP contribution in [-0.2, 0) is 6.18 Å². The van der Waals surface area contributed by atoms with Crippen LogP contribution >= 0.6 is 12.4 Å². The monoisotopic (exact) mass is 403 g/mol. The number of halogens is 6. The molecule has 0 amide bonds. The standard InChI is InChI=1S/C16H10F5N5.ClH/c17-8-2-3-9-13(14(8)18)11(6-23-9)25-15-24-10-5-7(16(19,20)21)1-4-12(10)26(15)22;/h1-6,23H,22H2,(H,24,25);1H. The highest BCUT2D eigenvalue weighted by Crippen LogP contribution is 2.33. The van der Waals surface area contributed by atoms with Gasteiger partial charge in [-0.25, -0.2) is 18.4 Å². The smallest absolute Gasteiger partial charge is 0.359 e. The number of nitrogens with zero attached hydrogens (tertiary/aromatic N) is 2. The summed E-state index contributed by atoms with van der Waals surface area (Å²) >= 11 is 0. The first-order valence-electron chi connectivity index (χ1n) is 7.32. The Bertz CT molecular complexity index is 1150. The van der Waals surface area contributed by atoms with Gasteiger partial charge < -0.3 is 16.1 Å². The second-order valence-corrected chi connectivity index (χ2v) is 5.62. The van der Waals surface area contributed by atoms with Crippen LogP contribution in [0.3, 0.4) is 0 Å². The number of nitrogen functional groups attached to an aromatic ring is 1. The Labute approximate surface area is 154 Å². The van der Waals surface area contributed by atoms with Crippen LogP contribution in [0.25, 0.3) is 21.9 Å². The quantitative estimate of drug-likeness (QED) is 0.336. The van der Waals surface area contributed by atoms with Crippen molar-refractivity contribution >= 4 is 46.0 Å². The SMILES string of the molecule is Cl.Nn1c(Nc2c[nH]c3ccc(F)c(F)c23)nc2cc(C(F)(F)F)ccc21. The Hall–Kier alpha value is -3.01. The number of alkyl halides is 3. The zero-order valence-electron chi connectivity index (χ0n) is 13.2. The van der Waals surface area contributed by atoms with Crippen LogP contribution in [0.1, 0.15) is 5.56 Å². The lowest BCUT2D eigenvalue weighted by atomic mass is 10.2. The van der Waals surface area contributed by atoms with Crippen molar-refractivity contribution in [2.45, 2.75) is 6.18 Å². The Morgan fingerprint density at radius 1 is 1.11 bits per heavy atom. The first kappa shape index (κ1) is 18.8. The number of anilines is 2. The van der Waals surface area contributed by atoms with E-state index < -0.39 is 23.4 Å². The van der Waals surface area contributed by atoms with Crippen molar-refractivity contribution in [1.29, 1.82) is 0 Å². The summed E-state index contributed by atoms with van der Waals surface area (Å²) in [6.07, 6.45) is -3.13. The molecule has 5 nitrogen and oxygen atoms in total. The minimum absolute atomic E-state index is 0. The fraction of sp³-hybridized carbons (Fsp3) is 0.0625. The molecule has 0 radical (unpaired) electrons. The molecule has 0 spiro atoms. The zero-order valence-corrected chi connectivity index (χ0v) is 14.1. The Morgan fingerprint density at radius 3 is 2.56 bits per heavy atom. The third-order valence-corrected chi connectivity index (χ3v) is 4.00. The Balaban J connectivity index is 0.00000210. The predicted octanol–water partition coefficient (Wildman–Crippen LogP) is 4.69. The van der Waals surface area contributed by atoms with Crippen LogP contribution in [0.5, 0.6) is 0 Å². The van der Waals surface area contributed by atoms with Gasteiger partial charge in [-0.3, -0.25) is 0 Å². The van der Waals surface area contributed by atoms with Gasteiger partial charge in [-0.05, 0) is 30.3 Å². The second-order valence-electron chi connectivity index (χ2n) is 5.62. The number of imidazole rings is 1. The van der Waals surface area contributed by atoms with Gasteiger partial charge in [0.25, 0.3) is 0 Å². The van der Waals surface area contributed by atoms with Crippen LogP contribution in [0.15, 0.2) is 36.5 Å². The topological polar surface area (TPSA) is 71.7 Å². The molecule has 0 atom stereocenters. The van der Waals surface area contributed by atoms with Crippen molar-refractivity contribution in [3.63, 3.8) is 0 Å². The molecule has 0 bridgehead atoms. The van der Waals surface area contributed by atoms with Gasteiger partial charge in [-0.2, -0.15) is 13.2 Å². The lowest BCUT2D eigenvalue weighted by Crippen LogP contribution is -2.11. The van der Waals surface area contributed by atoms with Crippen LogP contribution in [-0.4, -0.2) is 14.6 Å². The molecule has 2 aromatic heterocycles. The largest absolute Gasteiger partial charge is 0.416 e. The Morgan fingerprint density at radius 2 is 1.85 bits per heavy atom. The lowest BCUT2D eigenvalue weighted by molar-refractivity contribution is -0.137. The van der Waals surface area contributed by atoms with E-state index in [9.17, 15) is 22.0 Å². The molecule has 0 aliphatic rings. The van der Waals surface area contributed by atoms with Crippen LogP contribution in [0.4, 0.5) is 33.6 Å². The van der Waals surface area contributed by atoms with Gasteiger partial charge in [0.1, 0.15) is 0 Å².